The molecule has 21 heavy (non-hydrogen) atoms. The maximum Gasteiger partial charge on any atom is 0.257 e. The number of halogens is 1. The lowest BCUT2D eigenvalue weighted by Crippen LogP contribution is -2.14. The molecule has 1 aromatic heterocycles. The summed E-state index contributed by atoms with van der Waals surface area (Å²) in [5.41, 5.74) is 2.95. The van der Waals surface area contributed by atoms with Gasteiger partial charge in [0.25, 0.3) is 5.91 Å². The number of rotatable bonds is 4. The van der Waals surface area contributed by atoms with Crippen molar-refractivity contribution < 1.29 is 4.79 Å². The van der Waals surface area contributed by atoms with Crippen molar-refractivity contribution in [2.75, 3.05) is 10.6 Å². The number of carbonyl (C=O) groups excluding carboxylic acids is 1. The van der Waals surface area contributed by atoms with Gasteiger partial charge in [0.15, 0.2) is 0 Å². The lowest BCUT2D eigenvalue weighted by Gasteiger charge is -2.11. The van der Waals surface area contributed by atoms with Crippen molar-refractivity contribution in [1.29, 1.82) is 0 Å². The van der Waals surface area contributed by atoms with E-state index < -0.39 is 0 Å². The standard InChI is InChI=1S/C16H18ClN3O/c1-10(2)19-14-6-12(8-18-9-14)16(21)20-13-5-4-11(3)15(17)7-13/h4-10,19H,1-3H3,(H,20,21). The fourth-order valence-electron chi connectivity index (χ4n) is 1.85. The fourth-order valence-corrected chi connectivity index (χ4v) is 2.03. The summed E-state index contributed by atoms with van der Waals surface area (Å²) < 4.78 is 0. The Morgan fingerprint density at radius 1 is 1.19 bits per heavy atom. The Morgan fingerprint density at radius 2 is 1.95 bits per heavy atom. The topological polar surface area (TPSA) is 54.0 Å². The Kier molecular flexibility index (Phi) is 4.81. The number of aromatic nitrogens is 1. The van der Waals surface area contributed by atoms with Crippen LogP contribution in [-0.4, -0.2) is 16.9 Å². The van der Waals surface area contributed by atoms with Crippen molar-refractivity contribution in [1.82, 2.24) is 4.98 Å². The van der Waals surface area contributed by atoms with E-state index in [9.17, 15) is 4.79 Å². The second kappa shape index (κ2) is 6.59. The average molecular weight is 304 g/mol. The molecule has 4 nitrogen and oxygen atoms in total. The number of hydrogen-bond donors (Lipinski definition) is 2. The molecule has 0 aliphatic carbocycles. The van der Waals surface area contributed by atoms with E-state index >= 15 is 0 Å². The Balaban J connectivity index is 2.14. The van der Waals surface area contributed by atoms with E-state index in [2.05, 4.69) is 15.6 Å². The third-order valence-electron chi connectivity index (χ3n) is 2.89. The quantitative estimate of drug-likeness (QED) is 0.893. The Labute approximate surface area is 129 Å². The minimum absolute atomic E-state index is 0.213. The first kappa shape index (κ1) is 15.3. The third kappa shape index (κ3) is 4.20. The van der Waals surface area contributed by atoms with Crippen molar-refractivity contribution in [2.24, 2.45) is 0 Å². The molecule has 2 rings (SSSR count). The van der Waals surface area contributed by atoms with Gasteiger partial charge in [-0.1, -0.05) is 17.7 Å². The number of carbonyl (C=O) groups is 1. The molecule has 1 amide bonds. The van der Waals surface area contributed by atoms with Gasteiger partial charge in [-0.15, -0.1) is 0 Å². The molecule has 0 radical (unpaired) electrons. The summed E-state index contributed by atoms with van der Waals surface area (Å²) in [6.45, 7) is 5.97. The zero-order valence-electron chi connectivity index (χ0n) is 12.3. The first-order valence-electron chi connectivity index (χ1n) is 6.75. The van der Waals surface area contributed by atoms with E-state index in [1.54, 1.807) is 18.3 Å². The summed E-state index contributed by atoms with van der Waals surface area (Å²) in [7, 11) is 0. The van der Waals surface area contributed by atoms with Crippen LogP contribution < -0.4 is 10.6 Å². The smallest absolute Gasteiger partial charge is 0.257 e. The number of pyridine rings is 1. The molecule has 0 unspecified atom stereocenters. The zero-order chi connectivity index (χ0) is 15.4. The van der Waals surface area contributed by atoms with Gasteiger partial charge in [0.1, 0.15) is 0 Å². The molecule has 0 spiro atoms. The summed E-state index contributed by atoms with van der Waals surface area (Å²) in [6.07, 6.45) is 3.23. The Morgan fingerprint density at radius 3 is 2.62 bits per heavy atom. The van der Waals surface area contributed by atoms with Crippen molar-refractivity contribution in [3.05, 3.63) is 52.8 Å². The first-order chi connectivity index (χ1) is 9.95. The summed E-state index contributed by atoms with van der Waals surface area (Å²) in [5, 5.41) is 6.66. The zero-order valence-corrected chi connectivity index (χ0v) is 13.0. The van der Waals surface area contributed by atoms with Crippen LogP contribution in [0.2, 0.25) is 5.02 Å². The van der Waals surface area contributed by atoms with Gasteiger partial charge in [-0.05, 0) is 44.5 Å². The molecule has 0 saturated heterocycles. The lowest BCUT2D eigenvalue weighted by molar-refractivity contribution is 0.102. The van der Waals surface area contributed by atoms with E-state index in [1.807, 2.05) is 32.9 Å². The summed E-state index contributed by atoms with van der Waals surface area (Å²) in [4.78, 5) is 16.3. The van der Waals surface area contributed by atoms with Crippen molar-refractivity contribution in [2.45, 2.75) is 26.8 Å². The monoisotopic (exact) mass is 303 g/mol. The molecule has 2 aromatic rings. The van der Waals surface area contributed by atoms with E-state index in [1.165, 1.54) is 6.20 Å². The predicted octanol–water partition coefficient (Wildman–Crippen LogP) is 4.12. The van der Waals surface area contributed by atoms with Crippen LogP contribution in [0.4, 0.5) is 11.4 Å². The number of nitrogens with zero attached hydrogens (tertiary/aromatic N) is 1. The van der Waals surface area contributed by atoms with E-state index in [0.29, 0.717) is 16.3 Å². The van der Waals surface area contributed by atoms with Crippen LogP contribution in [0.15, 0.2) is 36.7 Å². The van der Waals surface area contributed by atoms with E-state index in [-0.39, 0.29) is 11.9 Å². The molecule has 0 fully saturated rings. The molecule has 0 aliphatic rings. The fraction of sp³-hybridized carbons (Fsp3) is 0.250. The maximum absolute atomic E-state index is 12.2. The molecule has 0 saturated carbocycles. The van der Waals surface area contributed by atoms with Crippen LogP contribution in [0.1, 0.15) is 29.8 Å². The summed E-state index contributed by atoms with van der Waals surface area (Å²) in [5.74, 6) is -0.213. The van der Waals surface area contributed by atoms with Gasteiger partial charge >= 0.3 is 0 Å². The van der Waals surface area contributed by atoms with Crippen LogP contribution in [0.25, 0.3) is 0 Å². The molecular formula is C16H18ClN3O. The lowest BCUT2D eigenvalue weighted by atomic mass is 10.2. The highest BCUT2D eigenvalue weighted by atomic mass is 35.5. The number of anilines is 2. The highest BCUT2D eigenvalue weighted by molar-refractivity contribution is 6.31. The number of hydrogen-bond acceptors (Lipinski definition) is 3. The number of benzene rings is 1. The number of nitrogens with one attached hydrogen (secondary N) is 2. The molecule has 1 aromatic carbocycles. The van der Waals surface area contributed by atoms with Crippen molar-refractivity contribution >= 4 is 28.9 Å². The highest BCUT2D eigenvalue weighted by Crippen LogP contribution is 2.20. The van der Waals surface area contributed by atoms with Gasteiger partial charge in [0, 0.05) is 29.1 Å². The van der Waals surface area contributed by atoms with E-state index in [4.69, 9.17) is 11.6 Å². The normalized spacial score (nSPS) is 10.5. The molecule has 2 N–H and O–H groups in total. The maximum atomic E-state index is 12.2. The molecule has 0 bridgehead atoms. The second-order valence-corrected chi connectivity index (χ2v) is 5.59. The molecule has 5 heteroatoms. The van der Waals surface area contributed by atoms with Gasteiger partial charge in [0.2, 0.25) is 0 Å². The van der Waals surface area contributed by atoms with Crippen LogP contribution in [0, 0.1) is 6.92 Å². The Bertz CT molecular complexity index is 656. The minimum atomic E-state index is -0.213. The first-order valence-corrected chi connectivity index (χ1v) is 7.12. The molecule has 0 aliphatic heterocycles. The number of amides is 1. The molecule has 110 valence electrons. The van der Waals surface area contributed by atoms with Gasteiger partial charge in [0.05, 0.1) is 11.3 Å². The second-order valence-electron chi connectivity index (χ2n) is 5.18. The third-order valence-corrected chi connectivity index (χ3v) is 3.29. The molecular weight excluding hydrogens is 286 g/mol. The number of aryl methyl sites for hydroxylation is 1. The largest absolute Gasteiger partial charge is 0.382 e. The minimum Gasteiger partial charge on any atom is -0.382 e. The predicted molar refractivity (Wildman–Crippen MR) is 87.1 cm³/mol. The van der Waals surface area contributed by atoms with Crippen molar-refractivity contribution in [3.8, 4) is 0 Å². The molecule has 1 heterocycles. The summed E-state index contributed by atoms with van der Waals surface area (Å²) >= 11 is 6.05. The highest BCUT2D eigenvalue weighted by Gasteiger charge is 2.09. The van der Waals surface area contributed by atoms with Gasteiger partial charge in [-0.3, -0.25) is 9.78 Å². The van der Waals surface area contributed by atoms with Gasteiger partial charge in [-0.2, -0.15) is 0 Å². The van der Waals surface area contributed by atoms with Gasteiger partial charge < -0.3 is 10.6 Å². The van der Waals surface area contributed by atoms with Crippen molar-refractivity contribution in [3.63, 3.8) is 0 Å². The summed E-state index contributed by atoms with van der Waals surface area (Å²) in [6, 6.07) is 7.48. The average Bonchev–Trinajstić information content (AvgIpc) is 2.42. The van der Waals surface area contributed by atoms with Gasteiger partial charge in [-0.25, -0.2) is 0 Å². The van der Waals surface area contributed by atoms with Crippen LogP contribution >= 0.6 is 11.6 Å². The SMILES string of the molecule is Cc1ccc(NC(=O)c2cncc(NC(C)C)c2)cc1Cl. The van der Waals surface area contributed by atoms with E-state index in [0.717, 1.165) is 11.3 Å². The molecule has 0 atom stereocenters. The van der Waals surface area contributed by atoms with Crippen LogP contribution in [0.3, 0.4) is 0 Å². The van der Waals surface area contributed by atoms with Crippen LogP contribution in [0.5, 0.6) is 0 Å². The van der Waals surface area contributed by atoms with Crippen LogP contribution in [-0.2, 0) is 0 Å². The Hall–Kier alpha value is -2.07.